The van der Waals surface area contributed by atoms with Gasteiger partial charge in [0.1, 0.15) is 4.88 Å². The fourth-order valence-corrected chi connectivity index (χ4v) is 5.55. The van der Waals surface area contributed by atoms with Gasteiger partial charge in [-0.05, 0) is 63.7 Å². The smallest absolute Gasteiger partial charge is 0.305 e. The van der Waals surface area contributed by atoms with Crippen molar-refractivity contribution in [1.29, 1.82) is 0 Å². The molecule has 0 saturated carbocycles. The maximum Gasteiger partial charge on any atom is 0.305 e. The van der Waals surface area contributed by atoms with Gasteiger partial charge in [-0.3, -0.25) is 9.59 Å². The molecule has 2 aliphatic heterocycles. The van der Waals surface area contributed by atoms with Crippen LogP contribution >= 0.6 is 11.3 Å². The Morgan fingerprint density at radius 3 is 2.69 bits per heavy atom. The number of aromatic nitrogens is 1. The van der Waals surface area contributed by atoms with E-state index in [1.807, 2.05) is 13.8 Å². The van der Waals surface area contributed by atoms with Crippen LogP contribution in [0.4, 0.5) is 0 Å². The maximum absolute atomic E-state index is 12.6. The van der Waals surface area contributed by atoms with Gasteiger partial charge in [0, 0.05) is 19.0 Å². The van der Waals surface area contributed by atoms with Gasteiger partial charge in [-0.25, -0.2) is 4.98 Å². The molecule has 1 amide bonds. The van der Waals surface area contributed by atoms with E-state index in [1.54, 1.807) is 0 Å². The first-order valence-corrected chi connectivity index (χ1v) is 11.7. The molecule has 2 fully saturated rings. The Morgan fingerprint density at radius 1 is 1.31 bits per heavy atom. The topological polar surface area (TPSA) is 94.6 Å². The first kappa shape index (κ1) is 22.2. The van der Waals surface area contributed by atoms with Gasteiger partial charge in [-0.2, -0.15) is 0 Å². The van der Waals surface area contributed by atoms with E-state index in [4.69, 9.17) is 10.1 Å². The molecule has 8 heteroatoms. The lowest BCUT2D eigenvalue weighted by Crippen LogP contribution is -2.41. The number of carbonyl (C=O) groups is 2. The van der Waals surface area contributed by atoms with Gasteiger partial charge in [0.15, 0.2) is 0 Å². The number of nitrogens with one attached hydrogen (secondary N) is 2. The number of hydrogen-bond donors (Lipinski definition) is 3. The van der Waals surface area contributed by atoms with Crippen LogP contribution in [0.2, 0.25) is 0 Å². The summed E-state index contributed by atoms with van der Waals surface area (Å²) in [6.07, 6.45) is 4.73. The number of hydrogen-bond acceptors (Lipinski definition) is 6. The van der Waals surface area contributed by atoms with Crippen molar-refractivity contribution in [3.05, 3.63) is 15.6 Å². The van der Waals surface area contributed by atoms with Crippen LogP contribution in [0.25, 0.3) is 0 Å². The predicted octanol–water partition coefficient (Wildman–Crippen LogP) is 2.65. The van der Waals surface area contributed by atoms with E-state index < -0.39 is 5.97 Å². The third-order valence-electron chi connectivity index (χ3n) is 5.90. The average molecular weight is 423 g/mol. The molecule has 1 aromatic heterocycles. The molecule has 0 aromatic carbocycles. The fourth-order valence-electron chi connectivity index (χ4n) is 4.25. The highest BCUT2D eigenvalue weighted by molar-refractivity contribution is 7.13. The molecule has 0 spiro atoms. The molecule has 7 nitrogen and oxygen atoms in total. The molecule has 3 rings (SSSR count). The highest BCUT2D eigenvalue weighted by Gasteiger charge is 2.28. The zero-order valence-electron chi connectivity index (χ0n) is 17.6. The number of carbonyl (C=O) groups excluding carboxylic acids is 1. The Bertz CT molecular complexity index is 692. The Kier molecular flexibility index (Phi) is 8.03. The van der Waals surface area contributed by atoms with Crippen molar-refractivity contribution < 1.29 is 14.7 Å². The normalized spacial score (nSPS) is 21.4. The van der Waals surface area contributed by atoms with Crippen LogP contribution in [0.5, 0.6) is 0 Å². The number of carboxylic acid groups (broad SMARTS) is 1. The van der Waals surface area contributed by atoms with Crippen LogP contribution in [0.1, 0.15) is 78.2 Å². The van der Waals surface area contributed by atoms with Crippen LogP contribution in [-0.4, -0.2) is 66.1 Å². The average Bonchev–Trinajstić information content (AvgIpc) is 3.15. The summed E-state index contributed by atoms with van der Waals surface area (Å²) in [7, 11) is 0. The van der Waals surface area contributed by atoms with Gasteiger partial charge >= 0.3 is 5.97 Å². The molecule has 162 valence electrons. The third kappa shape index (κ3) is 6.23. The summed E-state index contributed by atoms with van der Waals surface area (Å²) in [6.45, 7) is 9.92. The van der Waals surface area contributed by atoms with Crippen molar-refractivity contribution >= 4 is 23.2 Å². The van der Waals surface area contributed by atoms with E-state index in [2.05, 4.69) is 15.5 Å². The summed E-state index contributed by atoms with van der Waals surface area (Å²) in [5, 5.41) is 16.1. The number of amides is 1. The number of thiazole rings is 1. The Balaban J connectivity index is 1.57. The number of rotatable bonds is 8. The van der Waals surface area contributed by atoms with E-state index in [1.165, 1.54) is 30.7 Å². The van der Waals surface area contributed by atoms with Crippen molar-refractivity contribution in [3.8, 4) is 0 Å². The van der Waals surface area contributed by atoms with Gasteiger partial charge in [0.2, 0.25) is 0 Å². The minimum Gasteiger partial charge on any atom is -0.481 e. The third-order valence-corrected chi connectivity index (χ3v) is 7.13. The second kappa shape index (κ2) is 10.5. The van der Waals surface area contributed by atoms with Crippen molar-refractivity contribution in [1.82, 2.24) is 20.5 Å². The highest BCUT2D eigenvalue weighted by Crippen LogP contribution is 2.35. The Morgan fingerprint density at radius 2 is 2.07 bits per heavy atom. The predicted molar refractivity (Wildman–Crippen MR) is 115 cm³/mol. The fraction of sp³-hybridized carbons (Fsp3) is 0.762. The van der Waals surface area contributed by atoms with Crippen molar-refractivity contribution in [3.63, 3.8) is 0 Å². The van der Waals surface area contributed by atoms with Gasteiger partial charge in [-0.15, -0.1) is 11.3 Å². The number of aliphatic carboxylic acids is 1. The molecule has 2 aliphatic rings. The number of piperidine rings is 2. The van der Waals surface area contributed by atoms with Gasteiger partial charge in [-0.1, -0.05) is 13.8 Å². The molecule has 3 N–H and O–H groups in total. The van der Waals surface area contributed by atoms with Crippen LogP contribution in [0.3, 0.4) is 0 Å². The molecule has 0 aliphatic carbocycles. The molecular weight excluding hydrogens is 388 g/mol. The Hall–Kier alpha value is -1.51. The zero-order chi connectivity index (χ0) is 20.8. The molecular formula is C21H34N4O3S. The van der Waals surface area contributed by atoms with E-state index in [0.717, 1.165) is 55.6 Å². The standard InChI is InChI=1S/C21H34N4O3S/c1-14(2)18-19(20(28)23-9-5-17(26)27)29-21(24-18)16-6-10-25(11-7-16)13-15-4-3-8-22-12-15/h14-16,22H,3-13H2,1-2H3,(H,23,28)(H,26,27). The lowest BCUT2D eigenvalue weighted by Gasteiger charge is -2.35. The summed E-state index contributed by atoms with van der Waals surface area (Å²) in [4.78, 5) is 31.3. The van der Waals surface area contributed by atoms with Gasteiger partial charge in [0.05, 0.1) is 17.1 Å². The largest absolute Gasteiger partial charge is 0.481 e. The summed E-state index contributed by atoms with van der Waals surface area (Å²) < 4.78 is 0. The maximum atomic E-state index is 12.6. The molecule has 1 atom stereocenters. The van der Waals surface area contributed by atoms with Crippen molar-refractivity contribution in [2.75, 3.05) is 39.3 Å². The quantitative estimate of drug-likeness (QED) is 0.596. The molecule has 2 saturated heterocycles. The molecule has 0 bridgehead atoms. The second-order valence-electron chi connectivity index (χ2n) is 8.61. The van der Waals surface area contributed by atoms with Crippen LogP contribution in [0.15, 0.2) is 0 Å². The van der Waals surface area contributed by atoms with E-state index >= 15 is 0 Å². The van der Waals surface area contributed by atoms with E-state index in [-0.39, 0.29) is 24.8 Å². The summed E-state index contributed by atoms with van der Waals surface area (Å²) >= 11 is 1.50. The molecule has 1 unspecified atom stereocenters. The number of likely N-dealkylation sites (tertiary alicyclic amines) is 1. The molecule has 0 radical (unpaired) electrons. The van der Waals surface area contributed by atoms with Gasteiger partial charge in [0.25, 0.3) is 5.91 Å². The number of carboxylic acids is 1. The first-order chi connectivity index (χ1) is 13.9. The monoisotopic (exact) mass is 422 g/mol. The minimum absolute atomic E-state index is 0.0661. The van der Waals surface area contributed by atoms with E-state index in [9.17, 15) is 9.59 Å². The van der Waals surface area contributed by atoms with Crippen LogP contribution in [-0.2, 0) is 4.79 Å². The lowest BCUT2D eigenvalue weighted by molar-refractivity contribution is -0.136. The van der Waals surface area contributed by atoms with Crippen molar-refractivity contribution in [2.45, 2.75) is 57.8 Å². The molecule has 3 heterocycles. The minimum atomic E-state index is -0.907. The second-order valence-corrected chi connectivity index (χ2v) is 9.64. The lowest BCUT2D eigenvalue weighted by atomic mass is 9.94. The summed E-state index contributed by atoms with van der Waals surface area (Å²) in [5.41, 5.74) is 0.841. The zero-order valence-corrected chi connectivity index (χ0v) is 18.4. The van der Waals surface area contributed by atoms with Crippen molar-refractivity contribution in [2.24, 2.45) is 5.92 Å². The van der Waals surface area contributed by atoms with E-state index in [0.29, 0.717) is 10.8 Å². The van der Waals surface area contributed by atoms with Crippen LogP contribution in [0, 0.1) is 5.92 Å². The first-order valence-electron chi connectivity index (χ1n) is 10.9. The van der Waals surface area contributed by atoms with Gasteiger partial charge < -0.3 is 20.6 Å². The summed E-state index contributed by atoms with van der Waals surface area (Å²) in [6, 6.07) is 0. The highest BCUT2D eigenvalue weighted by atomic mass is 32.1. The SMILES string of the molecule is CC(C)c1nc(C2CCN(CC3CCCNC3)CC2)sc1C(=O)NCCC(=O)O. The Labute approximate surface area is 177 Å². The number of nitrogens with zero attached hydrogens (tertiary/aromatic N) is 2. The summed E-state index contributed by atoms with van der Waals surface area (Å²) in [5.74, 6) is 0.253. The molecule has 1 aromatic rings. The molecule has 29 heavy (non-hydrogen) atoms. The van der Waals surface area contributed by atoms with Crippen LogP contribution < -0.4 is 10.6 Å².